The molecule has 3 amide bonds. The summed E-state index contributed by atoms with van der Waals surface area (Å²) >= 11 is 0. The molecule has 0 aliphatic carbocycles. The second-order valence-corrected chi connectivity index (χ2v) is 8.29. The Morgan fingerprint density at radius 3 is 2.55 bits per heavy atom. The van der Waals surface area contributed by atoms with Crippen LogP contribution in [0.3, 0.4) is 0 Å². The van der Waals surface area contributed by atoms with E-state index in [0.717, 1.165) is 16.5 Å². The van der Waals surface area contributed by atoms with Crippen molar-refractivity contribution in [3.05, 3.63) is 60.0 Å². The third kappa shape index (κ3) is 6.09. The maximum absolute atomic E-state index is 13.0. The summed E-state index contributed by atoms with van der Waals surface area (Å²) < 4.78 is 5.34. The molecular formula is C24H29N5O4. The van der Waals surface area contributed by atoms with Gasteiger partial charge in [0.15, 0.2) is 0 Å². The van der Waals surface area contributed by atoms with Gasteiger partial charge in [-0.1, -0.05) is 26.0 Å². The minimum Gasteiger partial charge on any atom is -0.496 e. The summed E-state index contributed by atoms with van der Waals surface area (Å²) in [4.78, 5) is 45.0. The number of methoxy groups -OCH3 is 1. The van der Waals surface area contributed by atoms with E-state index in [9.17, 15) is 14.4 Å². The van der Waals surface area contributed by atoms with Crippen LogP contribution in [0.25, 0.3) is 10.9 Å². The fraction of sp³-hybridized carbons (Fsp3) is 0.333. The minimum atomic E-state index is -0.925. The molecule has 2 aromatic heterocycles. The van der Waals surface area contributed by atoms with E-state index >= 15 is 0 Å². The van der Waals surface area contributed by atoms with Crippen LogP contribution in [0.2, 0.25) is 0 Å². The molecule has 0 saturated carbocycles. The molecule has 9 nitrogen and oxygen atoms in total. The number of pyridine rings is 1. The number of primary amides is 1. The lowest BCUT2D eigenvalue weighted by Gasteiger charge is -2.23. The number of benzene rings is 1. The van der Waals surface area contributed by atoms with E-state index in [0.29, 0.717) is 17.9 Å². The zero-order valence-corrected chi connectivity index (χ0v) is 18.9. The lowest BCUT2D eigenvalue weighted by atomic mass is 10.0. The van der Waals surface area contributed by atoms with Gasteiger partial charge in [0, 0.05) is 29.7 Å². The quantitative estimate of drug-likeness (QED) is 0.373. The fourth-order valence-electron chi connectivity index (χ4n) is 3.62. The van der Waals surface area contributed by atoms with Crippen molar-refractivity contribution in [1.82, 2.24) is 20.6 Å². The van der Waals surface area contributed by atoms with Crippen LogP contribution < -0.4 is 21.1 Å². The van der Waals surface area contributed by atoms with E-state index < -0.39 is 29.8 Å². The van der Waals surface area contributed by atoms with Crippen LogP contribution in [0.15, 0.2) is 48.8 Å². The molecule has 3 rings (SSSR count). The van der Waals surface area contributed by atoms with Crippen LogP contribution in [0.1, 0.15) is 36.3 Å². The van der Waals surface area contributed by atoms with Crippen molar-refractivity contribution in [3.63, 3.8) is 0 Å². The average molecular weight is 452 g/mol. The Morgan fingerprint density at radius 2 is 1.91 bits per heavy atom. The summed E-state index contributed by atoms with van der Waals surface area (Å²) in [6.07, 6.45) is 3.83. The molecular weight excluding hydrogens is 422 g/mol. The number of aromatic nitrogens is 2. The number of nitrogens with two attached hydrogens (primary N) is 1. The van der Waals surface area contributed by atoms with Crippen LogP contribution in [-0.4, -0.2) is 46.9 Å². The third-order valence-corrected chi connectivity index (χ3v) is 5.24. The molecule has 5 N–H and O–H groups in total. The normalized spacial score (nSPS) is 12.8. The highest BCUT2D eigenvalue weighted by Gasteiger charge is 2.27. The first kappa shape index (κ1) is 23.8. The van der Waals surface area contributed by atoms with E-state index in [1.807, 2.05) is 26.0 Å². The molecule has 0 aliphatic rings. The van der Waals surface area contributed by atoms with Gasteiger partial charge in [-0.3, -0.25) is 19.4 Å². The van der Waals surface area contributed by atoms with Crippen molar-refractivity contribution in [3.8, 4) is 5.75 Å². The predicted octanol–water partition coefficient (Wildman–Crippen LogP) is 1.93. The van der Waals surface area contributed by atoms with E-state index in [1.54, 1.807) is 43.8 Å². The average Bonchev–Trinajstić information content (AvgIpc) is 3.23. The number of hydrogen-bond acceptors (Lipinski definition) is 5. The van der Waals surface area contributed by atoms with Gasteiger partial charge in [0.05, 0.1) is 7.11 Å². The summed E-state index contributed by atoms with van der Waals surface area (Å²) in [6.45, 7) is 3.89. The van der Waals surface area contributed by atoms with Gasteiger partial charge in [-0.2, -0.15) is 0 Å². The predicted molar refractivity (Wildman–Crippen MR) is 125 cm³/mol. The number of hydrogen-bond donors (Lipinski definition) is 4. The van der Waals surface area contributed by atoms with Crippen LogP contribution in [0, 0.1) is 5.92 Å². The van der Waals surface area contributed by atoms with E-state index in [-0.39, 0.29) is 12.3 Å². The molecule has 0 radical (unpaired) electrons. The van der Waals surface area contributed by atoms with Crippen molar-refractivity contribution in [1.29, 1.82) is 0 Å². The first-order chi connectivity index (χ1) is 15.8. The number of nitrogens with zero attached hydrogens (tertiary/aromatic N) is 1. The maximum atomic E-state index is 13.0. The molecule has 1 aromatic carbocycles. The van der Waals surface area contributed by atoms with Gasteiger partial charge in [0.1, 0.15) is 23.5 Å². The van der Waals surface area contributed by atoms with Crippen molar-refractivity contribution in [2.24, 2.45) is 11.7 Å². The zero-order chi connectivity index (χ0) is 24.0. The molecule has 0 unspecified atom stereocenters. The first-order valence-corrected chi connectivity index (χ1v) is 10.7. The van der Waals surface area contributed by atoms with Crippen molar-refractivity contribution < 1.29 is 19.1 Å². The second kappa shape index (κ2) is 10.6. The lowest BCUT2D eigenvalue weighted by molar-refractivity contribution is -0.128. The van der Waals surface area contributed by atoms with E-state index in [1.165, 1.54) is 0 Å². The number of ether oxygens (including phenoxy) is 1. The summed E-state index contributed by atoms with van der Waals surface area (Å²) in [6, 6.07) is 8.91. The Morgan fingerprint density at radius 1 is 1.12 bits per heavy atom. The molecule has 2 heterocycles. The van der Waals surface area contributed by atoms with Crippen LogP contribution >= 0.6 is 0 Å². The van der Waals surface area contributed by atoms with Crippen LogP contribution in [-0.2, 0) is 16.0 Å². The molecule has 0 bridgehead atoms. The smallest absolute Gasteiger partial charge is 0.268 e. The standard InChI is InChI=1S/C24H29N5O4/c1-14(2)10-19(23(31)28-18(22(25)30)11-15-6-5-9-26-13-15)29-24(32)20-12-16-17(27-20)7-4-8-21(16)33-3/h4-9,12-14,18-19,27H,10-11H2,1-3H3,(H2,25,30)(H,28,31)(H,29,32)/t18-,19-/m0/s1. The summed E-state index contributed by atoms with van der Waals surface area (Å²) in [5.74, 6) is -0.812. The monoisotopic (exact) mass is 451 g/mol. The first-order valence-electron chi connectivity index (χ1n) is 10.7. The van der Waals surface area contributed by atoms with Crippen LogP contribution in [0.5, 0.6) is 5.75 Å². The molecule has 33 heavy (non-hydrogen) atoms. The van der Waals surface area contributed by atoms with Gasteiger partial charge < -0.3 is 26.1 Å². The Bertz CT molecular complexity index is 1130. The van der Waals surface area contributed by atoms with E-state index in [2.05, 4.69) is 20.6 Å². The highest BCUT2D eigenvalue weighted by Crippen LogP contribution is 2.26. The molecule has 0 fully saturated rings. The number of carbonyl (C=O) groups excluding carboxylic acids is 3. The zero-order valence-electron chi connectivity index (χ0n) is 18.9. The van der Waals surface area contributed by atoms with Crippen LogP contribution in [0.4, 0.5) is 0 Å². The largest absolute Gasteiger partial charge is 0.496 e. The molecule has 9 heteroatoms. The van der Waals surface area contributed by atoms with E-state index in [4.69, 9.17) is 10.5 Å². The van der Waals surface area contributed by atoms with Crippen molar-refractivity contribution >= 4 is 28.6 Å². The summed E-state index contributed by atoms with van der Waals surface area (Å²) in [5.41, 5.74) is 7.33. The van der Waals surface area contributed by atoms with Crippen molar-refractivity contribution in [2.75, 3.05) is 7.11 Å². The summed E-state index contributed by atoms with van der Waals surface area (Å²) in [7, 11) is 1.56. The molecule has 2 atom stereocenters. The molecule has 0 saturated heterocycles. The number of rotatable bonds is 10. The number of nitrogens with one attached hydrogen (secondary N) is 3. The molecule has 174 valence electrons. The molecule has 0 spiro atoms. The number of H-pyrrole nitrogens is 1. The Kier molecular flexibility index (Phi) is 7.66. The second-order valence-electron chi connectivity index (χ2n) is 8.29. The topological polar surface area (TPSA) is 139 Å². The number of aromatic amines is 1. The van der Waals surface area contributed by atoms with Gasteiger partial charge in [-0.05, 0) is 42.2 Å². The minimum absolute atomic E-state index is 0.120. The Labute approximate surface area is 192 Å². The van der Waals surface area contributed by atoms with Crippen molar-refractivity contribution in [2.45, 2.75) is 38.8 Å². The van der Waals surface area contributed by atoms with Gasteiger partial charge in [0.25, 0.3) is 5.91 Å². The Balaban J connectivity index is 1.76. The number of amides is 3. The fourth-order valence-corrected chi connectivity index (χ4v) is 3.62. The van der Waals surface area contributed by atoms with Gasteiger partial charge >= 0.3 is 0 Å². The summed E-state index contributed by atoms with van der Waals surface area (Å²) in [5, 5.41) is 6.23. The number of fused-ring (bicyclic) bond motifs is 1. The highest BCUT2D eigenvalue weighted by molar-refractivity contribution is 6.01. The lowest BCUT2D eigenvalue weighted by Crippen LogP contribution is -2.54. The SMILES string of the molecule is COc1cccc2[nH]c(C(=O)N[C@@H](CC(C)C)C(=O)N[C@@H](Cc3cccnc3)C(N)=O)cc12. The van der Waals surface area contributed by atoms with Gasteiger partial charge in [-0.25, -0.2) is 0 Å². The molecule has 0 aliphatic heterocycles. The maximum Gasteiger partial charge on any atom is 0.268 e. The third-order valence-electron chi connectivity index (χ3n) is 5.24. The van der Waals surface area contributed by atoms with Gasteiger partial charge in [-0.15, -0.1) is 0 Å². The highest BCUT2D eigenvalue weighted by atomic mass is 16.5. The molecule has 3 aromatic rings. The Hall–Kier alpha value is -3.88. The number of carbonyl (C=O) groups is 3. The van der Waals surface area contributed by atoms with Gasteiger partial charge in [0.2, 0.25) is 11.8 Å².